The molecule has 1 saturated carbocycles. The summed E-state index contributed by atoms with van der Waals surface area (Å²) in [6.07, 6.45) is 5.72. The third-order valence-corrected chi connectivity index (χ3v) is 7.24. The molecule has 1 aliphatic rings. The highest BCUT2D eigenvalue weighted by Crippen LogP contribution is 2.32. The van der Waals surface area contributed by atoms with Crippen molar-refractivity contribution in [3.05, 3.63) is 60.7 Å². The Morgan fingerprint density at radius 1 is 0.667 bits per heavy atom. The second kappa shape index (κ2) is 5.53. The van der Waals surface area contributed by atoms with E-state index in [4.69, 9.17) is 0 Å². The van der Waals surface area contributed by atoms with E-state index >= 15 is 0 Å². The van der Waals surface area contributed by atoms with Gasteiger partial charge in [0.05, 0.1) is 0 Å². The Morgan fingerprint density at radius 3 is 1.56 bits per heavy atom. The predicted octanol–water partition coefficient (Wildman–Crippen LogP) is 3.24. The summed E-state index contributed by atoms with van der Waals surface area (Å²) in [4.78, 5) is 0. The van der Waals surface area contributed by atoms with Crippen LogP contribution in [-0.2, 0) is 0 Å². The maximum Gasteiger partial charge on any atom is 0.124 e. The Kier molecular flexibility index (Phi) is 3.61. The van der Waals surface area contributed by atoms with E-state index < -0.39 is 8.80 Å². The maximum absolute atomic E-state index is 2.33. The third kappa shape index (κ3) is 2.41. The Balaban J connectivity index is 1.98. The van der Waals surface area contributed by atoms with Crippen LogP contribution >= 0.6 is 0 Å². The summed E-state index contributed by atoms with van der Waals surface area (Å²) in [6.45, 7) is 0. The lowest BCUT2D eigenvalue weighted by Crippen LogP contribution is -2.45. The molecule has 0 amide bonds. The van der Waals surface area contributed by atoms with Crippen LogP contribution in [0.25, 0.3) is 0 Å². The van der Waals surface area contributed by atoms with Crippen molar-refractivity contribution in [3.8, 4) is 0 Å². The van der Waals surface area contributed by atoms with Crippen LogP contribution < -0.4 is 10.4 Å². The molecule has 1 radical (unpaired) electrons. The average Bonchev–Trinajstić information content (AvgIpc) is 2.95. The fourth-order valence-corrected chi connectivity index (χ4v) is 6.45. The summed E-state index contributed by atoms with van der Waals surface area (Å²) < 4.78 is 0. The SMILES string of the molecule is c1ccc([Si](c2ccccc2)C2CCCC2)cc1. The summed E-state index contributed by atoms with van der Waals surface area (Å²) in [7, 11) is -0.577. The molecule has 3 rings (SSSR count). The van der Waals surface area contributed by atoms with Crippen molar-refractivity contribution in [3.63, 3.8) is 0 Å². The first-order valence-electron chi connectivity index (χ1n) is 6.93. The lowest BCUT2D eigenvalue weighted by Gasteiger charge is -2.22. The summed E-state index contributed by atoms with van der Waals surface area (Å²) in [5.41, 5.74) is 0.930. The van der Waals surface area contributed by atoms with Gasteiger partial charge in [-0.15, -0.1) is 0 Å². The first kappa shape index (κ1) is 11.7. The second-order valence-electron chi connectivity index (χ2n) is 5.13. The van der Waals surface area contributed by atoms with Gasteiger partial charge in [0, 0.05) is 0 Å². The fourth-order valence-electron chi connectivity index (χ4n) is 3.09. The lowest BCUT2D eigenvalue weighted by atomic mass is 10.3. The number of benzene rings is 2. The number of rotatable bonds is 3. The molecule has 1 fully saturated rings. The molecule has 2 aromatic carbocycles. The van der Waals surface area contributed by atoms with Crippen molar-refractivity contribution >= 4 is 19.2 Å². The molecule has 0 heterocycles. The quantitative estimate of drug-likeness (QED) is 0.735. The van der Waals surface area contributed by atoms with Crippen LogP contribution in [0.2, 0.25) is 5.54 Å². The average molecular weight is 251 g/mol. The Bertz CT molecular complexity index is 432. The number of hydrogen-bond donors (Lipinski definition) is 0. The van der Waals surface area contributed by atoms with Crippen LogP contribution in [0.15, 0.2) is 60.7 Å². The van der Waals surface area contributed by atoms with Gasteiger partial charge in [0.15, 0.2) is 0 Å². The summed E-state index contributed by atoms with van der Waals surface area (Å²) in [6, 6.07) is 22.4. The molecule has 1 aliphatic carbocycles. The van der Waals surface area contributed by atoms with E-state index in [9.17, 15) is 0 Å². The van der Waals surface area contributed by atoms with Crippen LogP contribution in [0.1, 0.15) is 25.7 Å². The van der Waals surface area contributed by atoms with Gasteiger partial charge in [0.2, 0.25) is 0 Å². The van der Waals surface area contributed by atoms with E-state index in [-0.39, 0.29) is 0 Å². The summed E-state index contributed by atoms with van der Waals surface area (Å²) in [5.74, 6) is 0. The van der Waals surface area contributed by atoms with E-state index in [1.165, 1.54) is 25.7 Å². The smallest absolute Gasteiger partial charge is 0.0628 e. The second-order valence-corrected chi connectivity index (χ2v) is 7.93. The van der Waals surface area contributed by atoms with Crippen molar-refractivity contribution in [1.29, 1.82) is 0 Å². The van der Waals surface area contributed by atoms with Crippen LogP contribution in [0.5, 0.6) is 0 Å². The van der Waals surface area contributed by atoms with E-state index in [1.54, 1.807) is 10.4 Å². The highest BCUT2D eigenvalue weighted by Gasteiger charge is 2.29. The highest BCUT2D eigenvalue weighted by atomic mass is 28.3. The molecule has 0 bridgehead atoms. The molecule has 91 valence electrons. The topological polar surface area (TPSA) is 0 Å². The van der Waals surface area contributed by atoms with Crippen molar-refractivity contribution in [2.24, 2.45) is 0 Å². The van der Waals surface area contributed by atoms with E-state index in [1.807, 2.05) is 0 Å². The monoisotopic (exact) mass is 251 g/mol. The van der Waals surface area contributed by atoms with E-state index in [0.717, 1.165) is 5.54 Å². The van der Waals surface area contributed by atoms with Gasteiger partial charge >= 0.3 is 0 Å². The zero-order valence-electron chi connectivity index (χ0n) is 10.7. The zero-order chi connectivity index (χ0) is 12.2. The van der Waals surface area contributed by atoms with Crippen molar-refractivity contribution < 1.29 is 0 Å². The summed E-state index contributed by atoms with van der Waals surface area (Å²) in [5, 5.41) is 3.17. The van der Waals surface area contributed by atoms with Gasteiger partial charge in [-0.2, -0.15) is 0 Å². The largest absolute Gasteiger partial charge is 0.124 e. The molecule has 0 aromatic heterocycles. The zero-order valence-corrected chi connectivity index (χ0v) is 11.7. The predicted molar refractivity (Wildman–Crippen MR) is 80.1 cm³/mol. The van der Waals surface area contributed by atoms with E-state index in [2.05, 4.69) is 60.7 Å². The molecule has 0 saturated heterocycles. The minimum atomic E-state index is -0.577. The van der Waals surface area contributed by atoms with Crippen molar-refractivity contribution in [2.45, 2.75) is 31.2 Å². The highest BCUT2D eigenvalue weighted by molar-refractivity contribution is 6.86. The van der Waals surface area contributed by atoms with Gasteiger partial charge in [-0.25, -0.2) is 0 Å². The first-order valence-corrected chi connectivity index (χ1v) is 8.50. The molecule has 0 N–H and O–H groups in total. The molecule has 18 heavy (non-hydrogen) atoms. The first-order chi connectivity index (χ1) is 8.95. The van der Waals surface area contributed by atoms with Crippen LogP contribution in [0, 0.1) is 0 Å². The van der Waals surface area contributed by atoms with Gasteiger partial charge in [0.25, 0.3) is 0 Å². The summed E-state index contributed by atoms with van der Waals surface area (Å²) >= 11 is 0. The van der Waals surface area contributed by atoms with Crippen LogP contribution in [-0.4, -0.2) is 8.80 Å². The standard InChI is InChI=1S/C17H19Si/c1-3-9-15(10-4-1)18(17-13-7-8-14-17)16-11-5-2-6-12-16/h1-6,9-12,17H,7-8,13-14H2. The molecule has 2 aromatic rings. The molecule has 0 unspecified atom stereocenters. The molecule has 0 aliphatic heterocycles. The molecular weight excluding hydrogens is 232 g/mol. The molecule has 0 nitrogen and oxygen atoms in total. The van der Waals surface area contributed by atoms with Gasteiger partial charge in [-0.05, 0) is 5.54 Å². The minimum Gasteiger partial charge on any atom is -0.0628 e. The minimum absolute atomic E-state index is 0.577. The van der Waals surface area contributed by atoms with Crippen LogP contribution in [0.4, 0.5) is 0 Å². The van der Waals surface area contributed by atoms with Gasteiger partial charge in [-0.3, -0.25) is 0 Å². The number of hydrogen-bond acceptors (Lipinski definition) is 0. The van der Waals surface area contributed by atoms with E-state index in [0.29, 0.717) is 0 Å². The normalized spacial score (nSPS) is 16.3. The van der Waals surface area contributed by atoms with Crippen molar-refractivity contribution in [2.75, 3.05) is 0 Å². The Hall–Kier alpha value is -1.34. The van der Waals surface area contributed by atoms with Crippen LogP contribution in [0.3, 0.4) is 0 Å². The Morgan fingerprint density at radius 2 is 1.11 bits per heavy atom. The third-order valence-electron chi connectivity index (χ3n) is 3.93. The maximum atomic E-state index is 2.33. The van der Waals surface area contributed by atoms with Gasteiger partial charge < -0.3 is 0 Å². The molecule has 0 spiro atoms. The van der Waals surface area contributed by atoms with Gasteiger partial charge in [-0.1, -0.05) is 96.7 Å². The Labute approximate surface area is 111 Å². The molecule has 1 heteroatoms. The molecule has 0 atom stereocenters. The fraction of sp³-hybridized carbons (Fsp3) is 0.294. The van der Waals surface area contributed by atoms with Gasteiger partial charge in [0.1, 0.15) is 8.80 Å². The lowest BCUT2D eigenvalue weighted by molar-refractivity contribution is 0.864. The van der Waals surface area contributed by atoms with Crippen molar-refractivity contribution in [1.82, 2.24) is 0 Å². The molecular formula is C17H19Si.